The van der Waals surface area contributed by atoms with E-state index in [0.717, 1.165) is 11.3 Å². The highest BCUT2D eigenvalue weighted by Gasteiger charge is 2.24. The molecule has 3 rings (SSSR count). The van der Waals surface area contributed by atoms with E-state index in [2.05, 4.69) is 16.4 Å². The number of nitrogens with one attached hydrogen (secondary N) is 1. The molecule has 0 bridgehead atoms. The molecule has 0 aliphatic heterocycles. The van der Waals surface area contributed by atoms with Gasteiger partial charge in [0.05, 0.1) is 10.6 Å². The van der Waals surface area contributed by atoms with Crippen molar-refractivity contribution in [2.75, 3.05) is 0 Å². The van der Waals surface area contributed by atoms with Gasteiger partial charge in [-0.2, -0.15) is 0 Å². The van der Waals surface area contributed by atoms with Crippen molar-refractivity contribution in [3.05, 3.63) is 64.4 Å². The lowest BCUT2D eigenvalue weighted by atomic mass is 10.2. The van der Waals surface area contributed by atoms with Crippen molar-refractivity contribution in [2.24, 2.45) is 0 Å². The van der Waals surface area contributed by atoms with Gasteiger partial charge in [0.15, 0.2) is 0 Å². The smallest absolute Gasteiger partial charge is 0.253 e. The van der Waals surface area contributed by atoms with Crippen LogP contribution in [0.4, 0.5) is 0 Å². The second kappa shape index (κ2) is 5.63. The van der Waals surface area contributed by atoms with Crippen LogP contribution in [0, 0.1) is 0 Å². The first-order valence-electron chi connectivity index (χ1n) is 6.71. The summed E-state index contributed by atoms with van der Waals surface area (Å²) >= 11 is 5.99. The number of carbonyl (C=O) groups excluding carboxylic acids is 1. The van der Waals surface area contributed by atoms with Gasteiger partial charge in [-0.15, -0.1) is 0 Å². The molecule has 2 aromatic rings. The monoisotopic (exact) mass is 286 g/mol. The van der Waals surface area contributed by atoms with Crippen LogP contribution in [0.3, 0.4) is 0 Å². The molecule has 1 fully saturated rings. The summed E-state index contributed by atoms with van der Waals surface area (Å²) in [5.41, 5.74) is 2.65. The zero-order valence-electron chi connectivity index (χ0n) is 11.0. The average Bonchev–Trinajstić information content (AvgIpc) is 3.30. The summed E-state index contributed by atoms with van der Waals surface area (Å²) in [6.45, 7) is 0.460. The molecule has 1 aliphatic carbocycles. The van der Waals surface area contributed by atoms with Gasteiger partial charge in [0, 0.05) is 24.4 Å². The molecule has 20 heavy (non-hydrogen) atoms. The number of nitrogens with zero attached hydrogens (tertiary/aromatic N) is 1. The number of hydrogen-bond donors (Lipinski definition) is 1. The largest absolute Gasteiger partial charge is 0.348 e. The lowest BCUT2D eigenvalue weighted by molar-refractivity contribution is 0.0951. The highest BCUT2D eigenvalue weighted by molar-refractivity contribution is 6.33. The second-order valence-corrected chi connectivity index (χ2v) is 5.44. The van der Waals surface area contributed by atoms with Crippen molar-refractivity contribution < 1.29 is 4.79 Å². The Labute approximate surface area is 123 Å². The zero-order chi connectivity index (χ0) is 13.9. The molecular weight excluding hydrogens is 272 g/mol. The molecular formula is C16H15ClN2O. The van der Waals surface area contributed by atoms with Crippen LogP contribution in [0.15, 0.2) is 42.6 Å². The molecule has 0 saturated heterocycles. The number of benzene rings is 1. The van der Waals surface area contributed by atoms with Gasteiger partial charge >= 0.3 is 0 Å². The fourth-order valence-corrected chi connectivity index (χ4v) is 2.31. The molecule has 102 valence electrons. The van der Waals surface area contributed by atoms with Gasteiger partial charge in [-0.25, -0.2) is 0 Å². The van der Waals surface area contributed by atoms with Crippen molar-refractivity contribution >= 4 is 17.5 Å². The average molecular weight is 287 g/mol. The van der Waals surface area contributed by atoms with E-state index in [1.807, 2.05) is 12.3 Å². The van der Waals surface area contributed by atoms with E-state index in [1.54, 1.807) is 24.3 Å². The number of aromatic nitrogens is 1. The van der Waals surface area contributed by atoms with Gasteiger partial charge < -0.3 is 5.32 Å². The molecule has 1 aromatic heterocycles. The third-order valence-electron chi connectivity index (χ3n) is 3.41. The van der Waals surface area contributed by atoms with Gasteiger partial charge in [0.1, 0.15) is 0 Å². The van der Waals surface area contributed by atoms with Crippen LogP contribution in [0.5, 0.6) is 0 Å². The van der Waals surface area contributed by atoms with E-state index < -0.39 is 0 Å². The van der Waals surface area contributed by atoms with Crippen LogP contribution in [0.1, 0.15) is 40.4 Å². The van der Waals surface area contributed by atoms with Crippen LogP contribution in [0.25, 0.3) is 0 Å². The Bertz CT molecular complexity index is 621. The number of rotatable bonds is 4. The zero-order valence-corrected chi connectivity index (χ0v) is 11.7. The molecule has 1 N–H and O–H groups in total. The van der Waals surface area contributed by atoms with Crippen molar-refractivity contribution in [1.29, 1.82) is 0 Å². The van der Waals surface area contributed by atoms with Crippen LogP contribution < -0.4 is 5.32 Å². The third-order valence-corrected chi connectivity index (χ3v) is 3.74. The Hall–Kier alpha value is -1.87. The van der Waals surface area contributed by atoms with Gasteiger partial charge in [0.25, 0.3) is 5.91 Å². The van der Waals surface area contributed by atoms with E-state index in [1.165, 1.54) is 12.8 Å². The van der Waals surface area contributed by atoms with E-state index in [4.69, 9.17) is 11.6 Å². The first-order valence-corrected chi connectivity index (χ1v) is 7.09. The number of hydrogen-bond acceptors (Lipinski definition) is 2. The minimum atomic E-state index is -0.165. The van der Waals surface area contributed by atoms with E-state index in [9.17, 15) is 4.79 Å². The SMILES string of the molecule is O=C(NCc1ccc(C2CC2)nc1)c1ccccc1Cl. The molecule has 4 heteroatoms. The molecule has 0 unspecified atom stereocenters. The fourth-order valence-electron chi connectivity index (χ4n) is 2.08. The van der Waals surface area contributed by atoms with E-state index >= 15 is 0 Å². The van der Waals surface area contributed by atoms with Crippen molar-refractivity contribution in [1.82, 2.24) is 10.3 Å². The van der Waals surface area contributed by atoms with Crippen LogP contribution >= 0.6 is 11.6 Å². The van der Waals surface area contributed by atoms with Crippen LogP contribution in [-0.2, 0) is 6.54 Å². The maximum Gasteiger partial charge on any atom is 0.253 e. The molecule has 0 radical (unpaired) electrons. The van der Waals surface area contributed by atoms with Gasteiger partial charge in [-0.3, -0.25) is 9.78 Å². The topological polar surface area (TPSA) is 42.0 Å². The molecule has 1 amide bonds. The number of amides is 1. The predicted molar refractivity (Wildman–Crippen MR) is 78.8 cm³/mol. The summed E-state index contributed by atoms with van der Waals surface area (Å²) in [6, 6.07) is 11.1. The highest BCUT2D eigenvalue weighted by Crippen LogP contribution is 2.38. The lowest BCUT2D eigenvalue weighted by Gasteiger charge is -2.07. The predicted octanol–water partition coefficient (Wildman–Crippen LogP) is 3.54. The van der Waals surface area contributed by atoms with E-state index in [0.29, 0.717) is 23.0 Å². The van der Waals surface area contributed by atoms with E-state index in [-0.39, 0.29) is 5.91 Å². The maximum atomic E-state index is 12.0. The van der Waals surface area contributed by atoms with Crippen LogP contribution in [-0.4, -0.2) is 10.9 Å². The summed E-state index contributed by atoms with van der Waals surface area (Å²) in [4.78, 5) is 16.4. The minimum Gasteiger partial charge on any atom is -0.348 e. The molecule has 1 saturated carbocycles. The first kappa shape index (κ1) is 13.1. The van der Waals surface area contributed by atoms with Crippen molar-refractivity contribution in [2.45, 2.75) is 25.3 Å². The Morgan fingerprint density at radius 1 is 1.25 bits per heavy atom. The standard InChI is InChI=1S/C16H15ClN2O/c17-14-4-2-1-3-13(14)16(20)19-10-11-5-8-15(18-9-11)12-6-7-12/h1-5,8-9,12H,6-7,10H2,(H,19,20). The molecule has 0 atom stereocenters. The fraction of sp³-hybridized carbons (Fsp3) is 0.250. The Morgan fingerprint density at radius 3 is 2.70 bits per heavy atom. The maximum absolute atomic E-state index is 12.0. The molecule has 1 aliphatic rings. The van der Waals surface area contributed by atoms with Crippen molar-refractivity contribution in [3.8, 4) is 0 Å². The number of pyridine rings is 1. The first-order chi connectivity index (χ1) is 9.74. The van der Waals surface area contributed by atoms with Crippen molar-refractivity contribution in [3.63, 3.8) is 0 Å². The molecule has 1 aromatic carbocycles. The third kappa shape index (κ3) is 2.99. The highest BCUT2D eigenvalue weighted by atomic mass is 35.5. The molecule has 0 spiro atoms. The second-order valence-electron chi connectivity index (χ2n) is 5.03. The van der Waals surface area contributed by atoms with Crippen LogP contribution in [0.2, 0.25) is 5.02 Å². The molecule has 3 nitrogen and oxygen atoms in total. The Kier molecular flexibility index (Phi) is 3.70. The van der Waals surface area contributed by atoms with Gasteiger partial charge in [-0.05, 0) is 36.6 Å². The quantitative estimate of drug-likeness (QED) is 0.934. The lowest BCUT2D eigenvalue weighted by Crippen LogP contribution is -2.23. The Balaban J connectivity index is 1.61. The summed E-state index contributed by atoms with van der Waals surface area (Å²) in [5, 5.41) is 3.32. The summed E-state index contributed by atoms with van der Waals surface area (Å²) in [6.07, 6.45) is 4.33. The molecule has 1 heterocycles. The summed E-state index contributed by atoms with van der Waals surface area (Å²) in [7, 11) is 0. The van der Waals surface area contributed by atoms with Gasteiger partial charge in [-0.1, -0.05) is 29.8 Å². The number of halogens is 1. The Morgan fingerprint density at radius 2 is 2.05 bits per heavy atom. The van der Waals surface area contributed by atoms with Gasteiger partial charge in [0.2, 0.25) is 0 Å². The summed E-state index contributed by atoms with van der Waals surface area (Å²) < 4.78 is 0. The number of carbonyl (C=O) groups is 1. The minimum absolute atomic E-state index is 0.165. The summed E-state index contributed by atoms with van der Waals surface area (Å²) in [5.74, 6) is 0.489. The normalized spacial score (nSPS) is 14.1.